The minimum atomic E-state index is 0.703. The van der Waals surface area contributed by atoms with Crippen molar-refractivity contribution in [2.75, 3.05) is 18.5 Å². The van der Waals surface area contributed by atoms with E-state index in [2.05, 4.69) is 30.3 Å². The maximum Gasteiger partial charge on any atom is 0.0471 e. The lowest BCUT2D eigenvalue weighted by Crippen LogP contribution is -2.37. The Morgan fingerprint density at radius 3 is 2.76 bits per heavy atom. The van der Waals surface area contributed by atoms with E-state index in [1.807, 2.05) is 12.1 Å². The Morgan fingerprint density at radius 2 is 2.18 bits per heavy atom. The summed E-state index contributed by atoms with van der Waals surface area (Å²) in [6.45, 7) is 3.94. The van der Waals surface area contributed by atoms with E-state index < -0.39 is 0 Å². The first kappa shape index (κ1) is 12.7. The number of rotatable bonds is 5. The second-order valence-corrected chi connectivity index (χ2v) is 5.12. The monoisotopic (exact) mass is 252 g/mol. The molecule has 1 aliphatic carbocycles. The van der Waals surface area contributed by atoms with E-state index >= 15 is 0 Å². The van der Waals surface area contributed by atoms with Gasteiger partial charge in [-0.1, -0.05) is 24.6 Å². The van der Waals surface area contributed by atoms with Crippen LogP contribution in [0.25, 0.3) is 0 Å². The molecule has 0 spiro atoms. The van der Waals surface area contributed by atoms with Crippen LogP contribution < -0.4 is 10.2 Å². The summed E-state index contributed by atoms with van der Waals surface area (Å²) in [5.74, 6) is 0. The van der Waals surface area contributed by atoms with Gasteiger partial charge in [0.05, 0.1) is 0 Å². The van der Waals surface area contributed by atoms with Crippen LogP contribution >= 0.6 is 11.6 Å². The summed E-state index contributed by atoms with van der Waals surface area (Å²) in [7, 11) is 2.19. The van der Waals surface area contributed by atoms with Crippen LogP contribution in [-0.4, -0.2) is 19.6 Å². The highest BCUT2D eigenvalue weighted by Gasteiger charge is 2.24. The predicted octanol–water partition coefficient (Wildman–Crippen LogP) is 3.44. The van der Waals surface area contributed by atoms with Crippen LogP contribution in [0.2, 0.25) is 5.02 Å². The summed E-state index contributed by atoms with van der Waals surface area (Å²) in [6.07, 6.45) is 3.98. The SMILES string of the molecule is CCNCc1c(Cl)cccc1N(C)C1CCC1. The lowest BCUT2D eigenvalue weighted by molar-refractivity contribution is 0.400. The van der Waals surface area contributed by atoms with Crippen molar-refractivity contribution in [3.05, 3.63) is 28.8 Å². The first-order chi connectivity index (χ1) is 8.24. The standard InChI is InChI=1S/C14H21ClN2/c1-3-16-10-12-13(15)8-5-9-14(12)17(2)11-6-4-7-11/h5,8-9,11,16H,3-4,6-7,10H2,1-2H3. The van der Waals surface area contributed by atoms with Crippen LogP contribution in [0, 0.1) is 0 Å². The molecule has 1 N–H and O–H groups in total. The minimum Gasteiger partial charge on any atom is -0.371 e. The molecular formula is C14H21ClN2. The molecule has 1 saturated carbocycles. The number of halogens is 1. The molecular weight excluding hydrogens is 232 g/mol. The van der Waals surface area contributed by atoms with Gasteiger partial charge in [-0.25, -0.2) is 0 Å². The van der Waals surface area contributed by atoms with Crippen molar-refractivity contribution in [1.82, 2.24) is 5.32 Å². The summed E-state index contributed by atoms with van der Waals surface area (Å²) in [5, 5.41) is 4.23. The average molecular weight is 253 g/mol. The molecule has 0 atom stereocenters. The van der Waals surface area contributed by atoms with Crippen molar-refractivity contribution in [2.45, 2.75) is 38.8 Å². The fraction of sp³-hybridized carbons (Fsp3) is 0.571. The molecule has 17 heavy (non-hydrogen) atoms. The number of anilines is 1. The van der Waals surface area contributed by atoms with Crippen LogP contribution in [0.3, 0.4) is 0 Å². The fourth-order valence-electron chi connectivity index (χ4n) is 2.27. The molecule has 3 heteroatoms. The topological polar surface area (TPSA) is 15.3 Å². The van der Waals surface area contributed by atoms with E-state index in [-0.39, 0.29) is 0 Å². The van der Waals surface area contributed by atoms with E-state index in [4.69, 9.17) is 11.6 Å². The molecule has 1 aromatic rings. The molecule has 0 aromatic heterocycles. The van der Waals surface area contributed by atoms with Gasteiger partial charge in [-0.3, -0.25) is 0 Å². The van der Waals surface area contributed by atoms with Crippen LogP contribution in [0.4, 0.5) is 5.69 Å². The number of nitrogens with one attached hydrogen (secondary N) is 1. The normalized spacial score (nSPS) is 15.7. The number of hydrogen-bond acceptors (Lipinski definition) is 2. The van der Waals surface area contributed by atoms with Crippen molar-refractivity contribution in [2.24, 2.45) is 0 Å². The largest absolute Gasteiger partial charge is 0.371 e. The molecule has 94 valence electrons. The summed E-state index contributed by atoms with van der Waals surface area (Å²) < 4.78 is 0. The smallest absolute Gasteiger partial charge is 0.0471 e. The highest BCUT2D eigenvalue weighted by atomic mass is 35.5. The van der Waals surface area contributed by atoms with E-state index in [0.717, 1.165) is 18.1 Å². The van der Waals surface area contributed by atoms with Crippen molar-refractivity contribution in [1.29, 1.82) is 0 Å². The zero-order valence-electron chi connectivity index (χ0n) is 10.7. The quantitative estimate of drug-likeness (QED) is 0.864. The number of hydrogen-bond donors (Lipinski definition) is 1. The van der Waals surface area contributed by atoms with Gasteiger partial charge in [0.15, 0.2) is 0 Å². The second-order valence-electron chi connectivity index (χ2n) is 4.71. The Hall–Kier alpha value is -0.730. The van der Waals surface area contributed by atoms with Gasteiger partial charge >= 0.3 is 0 Å². The second kappa shape index (κ2) is 5.74. The Morgan fingerprint density at radius 1 is 1.41 bits per heavy atom. The molecule has 0 amide bonds. The predicted molar refractivity (Wildman–Crippen MR) is 74.9 cm³/mol. The van der Waals surface area contributed by atoms with Crippen LogP contribution in [0.1, 0.15) is 31.7 Å². The minimum absolute atomic E-state index is 0.703. The Balaban J connectivity index is 2.21. The third-order valence-corrected chi connectivity index (χ3v) is 4.00. The van der Waals surface area contributed by atoms with Gasteiger partial charge in [-0.15, -0.1) is 0 Å². The lowest BCUT2D eigenvalue weighted by Gasteiger charge is -2.37. The van der Waals surface area contributed by atoms with Crippen molar-refractivity contribution < 1.29 is 0 Å². The molecule has 0 unspecified atom stereocenters. The van der Waals surface area contributed by atoms with Crippen LogP contribution in [-0.2, 0) is 6.54 Å². The first-order valence-corrected chi connectivity index (χ1v) is 6.82. The summed E-state index contributed by atoms with van der Waals surface area (Å²) in [5.41, 5.74) is 2.51. The zero-order chi connectivity index (χ0) is 12.3. The maximum atomic E-state index is 6.31. The number of benzene rings is 1. The van der Waals surface area contributed by atoms with E-state index in [1.165, 1.54) is 30.5 Å². The molecule has 0 aliphatic heterocycles. The first-order valence-electron chi connectivity index (χ1n) is 6.45. The van der Waals surface area contributed by atoms with Gasteiger partial charge in [0.1, 0.15) is 0 Å². The van der Waals surface area contributed by atoms with Gasteiger partial charge in [0, 0.05) is 35.9 Å². The maximum absolute atomic E-state index is 6.31. The van der Waals surface area contributed by atoms with Gasteiger partial charge in [0.25, 0.3) is 0 Å². The molecule has 2 rings (SSSR count). The number of nitrogens with zero attached hydrogens (tertiary/aromatic N) is 1. The molecule has 1 fully saturated rings. The van der Waals surface area contributed by atoms with Crippen LogP contribution in [0.5, 0.6) is 0 Å². The molecule has 0 saturated heterocycles. The Kier molecular flexibility index (Phi) is 4.30. The molecule has 1 aliphatic rings. The van der Waals surface area contributed by atoms with E-state index in [0.29, 0.717) is 6.04 Å². The zero-order valence-corrected chi connectivity index (χ0v) is 11.4. The Bertz CT molecular complexity index is 374. The highest BCUT2D eigenvalue weighted by Crippen LogP contribution is 2.33. The van der Waals surface area contributed by atoms with Crippen LogP contribution in [0.15, 0.2) is 18.2 Å². The van der Waals surface area contributed by atoms with Crippen molar-refractivity contribution in [3.8, 4) is 0 Å². The summed E-state index contributed by atoms with van der Waals surface area (Å²) >= 11 is 6.31. The third kappa shape index (κ3) is 2.75. The molecule has 2 nitrogen and oxygen atoms in total. The highest BCUT2D eigenvalue weighted by molar-refractivity contribution is 6.31. The average Bonchev–Trinajstić information content (AvgIpc) is 2.24. The summed E-state index contributed by atoms with van der Waals surface area (Å²) in [4.78, 5) is 2.39. The molecule has 0 heterocycles. The van der Waals surface area contributed by atoms with E-state index in [9.17, 15) is 0 Å². The lowest BCUT2D eigenvalue weighted by atomic mass is 9.91. The molecule has 1 aromatic carbocycles. The molecule has 0 bridgehead atoms. The van der Waals surface area contributed by atoms with E-state index in [1.54, 1.807) is 0 Å². The fourth-order valence-corrected chi connectivity index (χ4v) is 2.51. The van der Waals surface area contributed by atoms with Gasteiger partial charge in [-0.05, 0) is 37.9 Å². The van der Waals surface area contributed by atoms with Crippen molar-refractivity contribution >= 4 is 17.3 Å². The third-order valence-electron chi connectivity index (χ3n) is 3.65. The summed E-state index contributed by atoms with van der Waals surface area (Å²) in [6, 6.07) is 6.90. The Labute approximate surface area is 109 Å². The van der Waals surface area contributed by atoms with Gasteiger partial charge in [0.2, 0.25) is 0 Å². The van der Waals surface area contributed by atoms with Gasteiger partial charge < -0.3 is 10.2 Å². The van der Waals surface area contributed by atoms with Gasteiger partial charge in [-0.2, -0.15) is 0 Å². The molecule has 0 radical (unpaired) electrons. The van der Waals surface area contributed by atoms with Crippen molar-refractivity contribution in [3.63, 3.8) is 0 Å².